The summed E-state index contributed by atoms with van der Waals surface area (Å²) in [6, 6.07) is 11.0. The summed E-state index contributed by atoms with van der Waals surface area (Å²) >= 11 is 0. The zero-order chi connectivity index (χ0) is 26.6. The van der Waals surface area contributed by atoms with E-state index >= 15 is 0 Å². The number of carbonyl (C=O) groups is 1. The van der Waals surface area contributed by atoms with Crippen LogP contribution in [0.25, 0.3) is 28.2 Å². The molecule has 9 nitrogen and oxygen atoms in total. The normalized spacial score (nSPS) is 18.9. The molecule has 2 atom stereocenters. The fourth-order valence-electron chi connectivity index (χ4n) is 5.68. The second kappa shape index (κ2) is 9.63. The number of carbonyl (C=O) groups excluding carboxylic acids is 1. The number of aryl methyl sites for hydroxylation is 1. The van der Waals surface area contributed by atoms with E-state index in [1.165, 1.54) is 5.56 Å². The lowest BCUT2D eigenvalue weighted by Crippen LogP contribution is -2.64. The van der Waals surface area contributed by atoms with Crippen molar-refractivity contribution in [3.63, 3.8) is 0 Å². The van der Waals surface area contributed by atoms with E-state index in [1.54, 1.807) is 10.8 Å². The number of hydrogen-bond acceptors (Lipinski definition) is 6. The highest BCUT2D eigenvalue weighted by molar-refractivity contribution is 5.83. The molecule has 9 heteroatoms. The summed E-state index contributed by atoms with van der Waals surface area (Å²) in [5.41, 5.74) is 8.22. The fraction of sp³-hybridized carbons (Fsp3) is 0.448. The van der Waals surface area contributed by atoms with Crippen LogP contribution in [0, 0.1) is 6.92 Å². The maximum Gasteiger partial charge on any atom is 0.240 e. The van der Waals surface area contributed by atoms with Gasteiger partial charge in [0.1, 0.15) is 6.33 Å². The number of ether oxygens (including phenoxy) is 1. The number of rotatable bonds is 7. The smallest absolute Gasteiger partial charge is 0.240 e. The third-order valence-corrected chi connectivity index (χ3v) is 8.26. The predicted molar refractivity (Wildman–Crippen MR) is 146 cm³/mol. The van der Waals surface area contributed by atoms with Crippen LogP contribution in [0.15, 0.2) is 42.9 Å². The van der Waals surface area contributed by atoms with Gasteiger partial charge in [-0.2, -0.15) is 10.2 Å². The summed E-state index contributed by atoms with van der Waals surface area (Å²) in [6.07, 6.45) is 4.49. The zero-order valence-corrected chi connectivity index (χ0v) is 22.7. The molecule has 3 aromatic heterocycles. The molecule has 1 unspecified atom stereocenters. The average molecular weight is 514 g/mol. The first-order valence-electron chi connectivity index (χ1n) is 13.4. The Balaban J connectivity index is 1.24. The van der Waals surface area contributed by atoms with E-state index in [0.717, 1.165) is 65.5 Å². The topological polar surface area (TPSA) is 91.7 Å². The molecular formula is C29H35N7O2. The number of amides is 1. The number of pyridine rings is 1. The van der Waals surface area contributed by atoms with Crippen molar-refractivity contribution in [2.45, 2.75) is 58.2 Å². The van der Waals surface area contributed by atoms with E-state index in [2.05, 4.69) is 71.2 Å². The number of hydrogen-bond donors (Lipinski definition) is 1. The number of likely N-dealkylation sites (tertiary alicyclic amines) is 1. The van der Waals surface area contributed by atoms with Crippen LogP contribution in [0.3, 0.4) is 0 Å². The fourth-order valence-corrected chi connectivity index (χ4v) is 5.68. The third kappa shape index (κ3) is 4.10. The van der Waals surface area contributed by atoms with Gasteiger partial charge < -0.3 is 9.64 Å². The van der Waals surface area contributed by atoms with Crippen molar-refractivity contribution in [3.8, 4) is 22.5 Å². The lowest BCUT2D eigenvalue weighted by atomic mass is 9.93. The van der Waals surface area contributed by atoms with Crippen LogP contribution < -0.4 is 0 Å². The van der Waals surface area contributed by atoms with Crippen LogP contribution in [0.4, 0.5) is 0 Å². The standard InChI is InChI=1S/C29H35N7O2/c1-17(2)25-26(32-33-27(25)22-12-18(3)28-30-16-31-36(28)13-22)21-8-6-20(7-9-21)19(4)34(5)29(37)24-10-11-35(24)23-14-38-15-23/h6-9,12-13,16-17,19,23-24H,10-11,14-15H2,1-5H3,(H,32,33)/t19-,24?/m0/s1. The van der Waals surface area contributed by atoms with Gasteiger partial charge >= 0.3 is 0 Å². The Hall–Kier alpha value is -3.56. The third-order valence-electron chi connectivity index (χ3n) is 8.26. The van der Waals surface area contributed by atoms with E-state index in [4.69, 9.17) is 9.84 Å². The minimum absolute atomic E-state index is 0.0177. The summed E-state index contributed by atoms with van der Waals surface area (Å²) in [6.45, 7) is 11.0. The minimum Gasteiger partial charge on any atom is -0.378 e. The molecular weight excluding hydrogens is 478 g/mol. The lowest BCUT2D eigenvalue weighted by Gasteiger charge is -2.49. The monoisotopic (exact) mass is 513 g/mol. The van der Waals surface area contributed by atoms with E-state index in [0.29, 0.717) is 6.04 Å². The number of nitrogens with zero attached hydrogens (tertiary/aromatic N) is 6. The number of nitrogens with one attached hydrogen (secondary N) is 1. The Morgan fingerprint density at radius 1 is 1.16 bits per heavy atom. The van der Waals surface area contributed by atoms with E-state index < -0.39 is 0 Å². The largest absolute Gasteiger partial charge is 0.378 e. The molecule has 0 aliphatic carbocycles. The molecule has 1 amide bonds. The van der Waals surface area contributed by atoms with Crippen molar-refractivity contribution in [2.24, 2.45) is 0 Å². The molecule has 2 aliphatic heterocycles. The number of benzene rings is 1. The number of likely N-dealkylation sites (N-methyl/N-ethyl adjacent to an activating group) is 1. The number of H-pyrrole nitrogens is 1. The Morgan fingerprint density at radius 2 is 1.92 bits per heavy atom. The Morgan fingerprint density at radius 3 is 2.55 bits per heavy atom. The maximum atomic E-state index is 13.2. The maximum absolute atomic E-state index is 13.2. The van der Waals surface area contributed by atoms with Crippen molar-refractivity contribution < 1.29 is 9.53 Å². The molecule has 0 spiro atoms. The highest BCUT2D eigenvalue weighted by Gasteiger charge is 2.43. The van der Waals surface area contributed by atoms with Crippen molar-refractivity contribution in [1.82, 2.24) is 34.6 Å². The van der Waals surface area contributed by atoms with Crippen LogP contribution in [-0.2, 0) is 9.53 Å². The van der Waals surface area contributed by atoms with Crippen LogP contribution in [-0.4, -0.2) is 79.4 Å². The Kier molecular flexibility index (Phi) is 6.28. The van der Waals surface area contributed by atoms with Crippen molar-refractivity contribution in [3.05, 3.63) is 59.5 Å². The molecule has 198 valence electrons. The zero-order valence-electron chi connectivity index (χ0n) is 22.7. The van der Waals surface area contributed by atoms with Crippen LogP contribution in [0.1, 0.15) is 55.8 Å². The number of aromatic nitrogens is 5. The molecule has 4 aromatic rings. The minimum atomic E-state index is -0.0204. The van der Waals surface area contributed by atoms with Gasteiger partial charge in [0.2, 0.25) is 5.91 Å². The molecule has 1 N–H and O–H groups in total. The molecule has 2 aliphatic rings. The summed E-state index contributed by atoms with van der Waals surface area (Å²) < 4.78 is 7.14. The van der Waals surface area contributed by atoms with Gasteiger partial charge in [0.15, 0.2) is 5.65 Å². The van der Waals surface area contributed by atoms with E-state index in [1.807, 2.05) is 25.1 Å². The lowest BCUT2D eigenvalue weighted by molar-refractivity contribution is -0.155. The van der Waals surface area contributed by atoms with Crippen LogP contribution in [0.5, 0.6) is 0 Å². The average Bonchev–Trinajstić information content (AvgIpc) is 3.52. The molecule has 38 heavy (non-hydrogen) atoms. The highest BCUT2D eigenvalue weighted by atomic mass is 16.5. The predicted octanol–water partition coefficient (Wildman–Crippen LogP) is 4.21. The van der Waals surface area contributed by atoms with Gasteiger partial charge in [-0.15, -0.1) is 0 Å². The van der Waals surface area contributed by atoms with Gasteiger partial charge in [-0.25, -0.2) is 9.50 Å². The van der Waals surface area contributed by atoms with Crippen molar-refractivity contribution in [1.29, 1.82) is 0 Å². The van der Waals surface area contributed by atoms with Crippen LogP contribution >= 0.6 is 0 Å². The molecule has 2 fully saturated rings. The van der Waals surface area contributed by atoms with Crippen molar-refractivity contribution >= 4 is 11.6 Å². The van der Waals surface area contributed by atoms with Gasteiger partial charge in [0.05, 0.1) is 42.7 Å². The van der Waals surface area contributed by atoms with E-state index in [-0.39, 0.29) is 23.9 Å². The molecule has 1 aromatic carbocycles. The van der Waals surface area contributed by atoms with Crippen LogP contribution in [0.2, 0.25) is 0 Å². The van der Waals surface area contributed by atoms with Gasteiger partial charge in [-0.1, -0.05) is 38.1 Å². The molecule has 0 bridgehead atoms. The van der Waals surface area contributed by atoms with Gasteiger partial charge in [0.25, 0.3) is 0 Å². The molecule has 2 saturated heterocycles. The SMILES string of the molecule is Cc1cc(-c2n[nH]c(-c3ccc([C@H](C)N(C)C(=O)C4CCN4C4COC4)cc3)c2C(C)C)cn2ncnc12. The summed E-state index contributed by atoms with van der Waals surface area (Å²) in [5, 5.41) is 12.4. The molecule has 0 saturated carbocycles. The Labute approximate surface area is 222 Å². The van der Waals surface area contributed by atoms with Gasteiger partial charge in [-0.3, -0.25) is 14.8 Å². The molecule has 5 heterocycles. The second-order valence-corrected chi connectivity index (χ2v) is 10.9. The quantitative estimate of drug-likeness (QED) is 0.398. The number of fused-ring (bicyclic) bond motifs is 1. The highest BCUT2D eigenvalue weighted by Crippen LogP contribution is 2.36. The summed E-state index contributed by atoms with van der Waals surface area (Å²) in [4.78, 5) is 21.8. The number of aromatic amines is 1. The summed E-state index contributed by atoms with van der Waals surface area (Å²) in [7, 11) is 1.92. The first-order valence-corrected chi connectivity index (χ1v) is 13.4. The van der Waals surface area contributed by atoms with Crippen molar-refractivity contribution in [2.75, 3.05) is 26.8 Å². The first kappa shape index (κ1) is 24.8. The Bertz CT molecular complexity index is 1470. The first-order chi connectivity index (χ1) is 18.3. The molecule has 0 radical (unpaired) electrons. The summed E-state index contributed by atoms with van der Waals surface area (Å²) in [5.74, 6) is 0.457. The second-order valence-electron chi connectivity index (χ2n) is 10.9. The molecule has 6 rings (SSSR count). The van der Waals surface area contributed by atoms with Gasteiger partial charge in [0, 0.05) is 30.9 Å². The van der Waals surface area contributed by atoms with E-state index in [9.17, 15) is 4.79 Å². The van der Waals surface area contributed by atoms with Gasteiger partial charge in [-0.05, 0) is 48.9 Å².